The lowest BCUT2D eigenvalue weighted by atomic mass is 10.2. The maximum Gasteiger partial charge on any atom is 0.237 e. The number of halogens is 1. The number of likely N-dealkylation sites (tertiary alicyclic amines) is 1. The smallest absolute Gasteiger partial charge is 0.237 e. The summed E-state index contributed by atoms with van der Waals surface area (Å²) in [7, 11) is 1.62. The Morgan fingerprint density at radius 2 is 2.06 bits per heavy atom. The van der Waals surface area contributed by atoms with E-state index in [2.05, 4.69) is 4.98 Å². The molecule has 18 heavy (non-hydrogen) atoms. The van der Waals surface area contributed by atoms with Gasteiger partial charge in [-0.3, -0.25) is 9.78 Å². The first-order valence-corrected chi connectivity index (χ1v) is 7.94. The Kier molecular flexibility index (Phi) is 3.87. The molecule has 1 aliphatic rings. The number of nitrogens with zero attached hydrogens (tertiary/aromatic N) is 2. The maximum absolute atomic E-state index is 11.6. The van der Waals surface area contributed by atoms with Crippen LogP contribution in [0.1, 0.15) is 12.0 Å². The van der Waals surface area contributed by atoms with Crippen LogP contribution in [0.4, 0.5) is 0 Å². The average Bonchev–Trinajstić information content (AvgIpc) is 2.69. The van der Waals surface area contributed by atoms with Crippen LogP contribution in [0.5, 0.6) is 0 Å². The molecule has 2 rings (SSSR count). The molecule has 1 saturated heterocycles. The Balaban J connectivity index is 1.94. The van der Waals surface area contributed by atoms with Crippen LogP contribution < -0.4 is 0 Å². The highest BCUT2D eigenvalue weighted by atomic mass is 35.7. The van der Waals surface area contributed by atoms with Crippen LogP contribution in [-0.2, 0) is 20.3 Å². The van der Waals surface area contributed by atoms with Gasteiger partial charge in [-0.05, 0) is 24.1 Å². The standard InChI is InChI=1S/C11H13ClN2O3S/c12-18(16,17)10-7-11(15)14(8-10)6-3-9-1-4-13-5-2-9/h1-2,4-5,10H,3,6-8H2. The van der Waals surface area contributed by atoms with Crippen LogP contribution in [0, 0.1) is 0 Å². The monoisotopic (exact) mass is 288 g/mol. The fraction of sp³-hybridized carbons (Fsp3) is 0.455. The third kappa shape index (κ3) is 3.20. The SMILES string of the molecule is O=C1CC(S(=O)(=O)Cl)CN1CCc1ccncc1. The molecular formula is C11H13ClN2O3S. The van der Waals surface area contributed by atoms with Crippen molar-refractivity contribution in [1.29, 1.82) is 0 Å². The van der Waals surface area contributed by atoms with E-state index < -0.39 is 14.3 Å². The zero-order valence-corrected chi connectivity index (χ0v) is 11.2. The predicted molar refractivity (Wildman–Crippen MR) is 67.7 cm³/mol. The summed E-state index contributed by atoms with van der Waals surface area (Å²) in [4.78, 5) is 17.1. The second kappa shape index (κ2) is 5.24. The molecule has 1 aliphatic heterocycles. The van der Waals surface area contributed by atoms with Gasteiger partial charge in [0, 0.05) is 42.6 Å². The number of carbonyl (C=O) groups is 1. The fourth-order valence-corrected chi connectivity index (χ4v) is 3.01. The van der Waals surface area contributed by atoms with Crippen molar-refractivity contribution in [1.82, 2.24) is 9.88 Å². The van der Waals surface area contributed by atoms with Gasteiger partial charge in [0.15, 0.2) is 0 Å². The molecule has 0 aromatic carbocycles. The number of pyridine rings is 1. The van der Waals surface area contributed by atoms with E-state index in [0.29, 0.717) is 13.0 Å². The second-order valence-electron chi connectivity index (χ2n) is 4.25. The number of aromatic nitrogens is 1. The van der Waals surface area contributed by atoms with E-state index in [0.717, 1.165) is 5.56 Å². The topological polar surface area (TPSA) is 67.3 Å². The Morgan fingerprint density at radius 3 is 2.61 bits per heavy atom. The lowest BCUT2D eigenvalue weighted by Crippen LogP contribution is -2.29. The zero-order chi connectivity index (χ0) is 13.2. The molecule has 5 nitrogen and oxygen atoms in total. The Bertz CT molecular complexity index is 532. The normalized spacial score (nSPS) is 20.4. The number of hydrogen-bond acceptors (Lipinski definition) is 4. The van der Waals surface area contributed by atoms with Crippen molar-refractivity contribution in [2.24, 2.45) is 0 Å². The van der Waals surface area contributed by atoms with Crippen LogP contribution in [-0.4, -0.2) is 42.5 Å². The highest BCUT2D eigenvalue weighted by Crippen LogP contribution is 2.21. The first kappa shape index (κ1) is 13.3. The third-order valence-electron chi connectivity index (χ3n) is 3.00. The molecule has 1 aromatic heterocycles. The van der Waals surface area contributed by atoms with Gasteiger partial charge in [0.1, 0.15) is 5.25 Å². The summed E-state index contributed by atoms with van der Waals surface area (Å²) in [5, 5.41) is -0.774. The lowest BCUT2D eigenvalue weighted by molar-refractivity contribution is -0.127. The van der Waals surface area contributed by atoms with Crippen molar-refractivity contribution < 1.29 is 13.2 Å². The summed E-state index contributed by atoms with van der Waals surface area (Å²) in [6.07, 6.45) is 4.05. The molecule has 1 unspecified atom stereocenters. The summed E-state index contributed by atoms with van der Waals surface area (Å²) >= 11 is 0. The van der Waals surface area contributed by atoms with Gasteiger partial charge in [-0.1, -0.05) is 0 Å². The average molecular weight is 289 g/mol. The van der Waals surface area contributed by atoms with E-state index >= 15 is 0 Å². The van der Waals surface area contributed by atoms with Gasteiger partial charge in [0.25, 0.3) is 0 Å². The molecular weight excluding hydrogens is 276 g/mol. The maximum atomic E-state index is 11.6. The molecule has 1 aromatic rings. The van der Waals surface area contributed by atoms with Gasteiger partial charge in [0.2, 0.25) is 15.0 Å². The van der Waals surface area contributed by atoms with Crippen LogP contribution in [0.2, 0.25) is 0 Å². The summed E-state index contributed by atoms with van der Waals surface area (Å²) < 4.78 is 22.4. The number of rotatable bonds is 4. The number of amides is 1. The van der Waals surface area contributed by atoms with Crippen LogP contribution in [0.3, 0.4) is 0 Å². The van der Waals surface area contributed by atoms with Crippen molar-refractivity contribution in [3.63, 3.8) is 0 Å². The van der Waals surface area contributed by atoms with E-state index in [9.17, 15) is 13.2 Å². The van der Waals surface area contributed by atoms with Gasteiger partial charge >= 0.3 is 0 Å². The molecule has 1 amide bonds. The fourth-order valence-electron chi connectivity index (χ4n) is 1.95. The minimum atomic E-state index is -3.65. The molecule has 1 atom stereocenters. The quantitative estimate of drug-likeness (QED) is 0.769. The summed E-state index contributed by atoms with van der Waals surface area (Å²) in [6, 6.07) is 3.74. The molecule has 0 bridgehead atoms. The Morgan fingerprint density at radius 1 is 1.39 bits per heavy atom. The van der Waals surface area contributed by atoms with Crippen molar-refractivity contribution in [3.05, 3.63) is 30.1 Å². The van der Waals surface area contributed by atoms with Crippen LogP contribution >= 0.6 is 10.7 Å². The lowest BCUT2D eigenvalue weighted by Gasteiger charge is -2.15. The van der Waals surface area contributed by atoms with Crippen LogP contribution in [0.25, 0.3) is 0 Å². The molecule has 0 spiro atoms. The van der Waals surface area contributed by atoms with Crippen molar-refractivity contribution in [3.8, 4) is 0 Å². The van der Waals surface area contributed by atoms with E-state index in [1.807, 2.05) is 12.1 Å². The van der Waals surface area contributed by atoms with Gasteiger partial charge in [-0.15, -0.1) is 0 Å². The first-order valence-electron chi connectivity index (χ1n) is 5.57. The van der Waals surface area contributed by atoms with E-state index in [1.54, 1.807) is 17.3 Å². The van der Waals surface area contributed by atoms with Gasteiger partial charge in [-0.25, -0.2) is 8.42 Å². The Labute approximate surface area is 110 Å². The molecule has 2 heterocycles. The third-order valence-corrected chi connectivity index (χ3v) is 4.86. The largest absolute Gasteiger partial charge is 0.341 e. The molecule has 0 radical (unpaired) electrons. The minimum Gasteiger partial charge on any atom is -0.341 e. The predicted octanol–water partition coefficient (Wildman–Crippen LogP) is 0.794. The molecule has 0 aliphatic carbocycles. The van der Waals surface area contributed by atoms with Crippen molar-refractivity contribution >= 4 is 25.6 Å². The van der Waals surface area contributed by atoms with E-state index in [-0.39, 0.29) is 18.9 Å². The summed E-state index contributed by atoms with van der Waals surface area (Å²) in [6.45, 7) is 0.696. The highest BCUT2D eigenvalue weighted by molar-refractivity contribution is 8.14. The Hall–Kier alpha value is -1.14. The summed E-state index contributed by atoms with van der Waals surface area (Å²) in [5.41, 5.74) is 1.06. The van der Waals surface area contributed by atoms with Crippen molar-refractivity contribution in [2.75, 3.05) is 13.1 Å². The first-order chi connectivity index (χ1) is 8.47. The van der Waals surface area contributed by atoms with Gasteiger partial charge in [-0.2, -0.15) is 0 Å². The van der Waals surface area contributed by atoms with E-state index in [1.165, 1.54) is 0 Å². The molecule has 98 valence electrons. The zero-order valence-electron chi connectivity index (χ0n) is 9.62. The van der Waals surface area contributed by atoms with Gasteiger partial charge in [0.05, 0.1) is 0 Å². The van der Waals surface area contributed by atoms with Gasteiger partial charge < -0.3 is 4.90 Å². The minimum absolute atomic E-state index is 0.0117. The molecule has 1 fully saturated rings. The molecule has 0 saturated carbocycles. The van der Waals surface area contributed by atoms with E-state index in [4.69, 9.17) is 10.7 Å². The number of hydrogen-bond donors (Lipinski definition) is 0. The molecule has 7 heteroatoms. The van der Waals surface area contributed by atoms with Crippen molar-refractivity contribution in [2.45, 2.75) is 18.1 Å². The van der Waals surface area contributed by atoms with Crippen LogP contribution in [0.15, 0.2) is 24.5 Å². The highest BCUT2D eigenvalue weighted by Gasteiger charge is 2.36. The summed E-state index contributed by atoms with van der Waals surface area (Å²) in [5.74, 6) is -0.154. The molecule has 0 N–H and O–H groups in total. The second-order valence-corrected chi connectivity index (χ2v) is 7.16. The number of carbonyl (C=O) groups excluding carboxylic acids is 1.